The molecule has 0 aliphatic heterocycles. The van der Waals surface area contributed by atoms with E-state index >= 15 is 0 Å². The summed E-state index contributed by atoms with van der Waals surface area (Å²) in [6.45, 7) is 4.09. The van der Waals surface area contributed by atoms with E-state index in [9.17, 15) is 8.42 Å². The normalized spacial score (nSPS) is 17.2. The largest absolute Gasteiger partial charge is 0.316 e. The Hall–Kier alpha value is -0.130. The van der Waals surface area contributed by atoms with Crippen LogP contribution in [0.3, 0.4) is 0 Å². The van der Waals surface area contributed by atoms with Crippen LogP contribution in [0.15, 0.2) is 0 Å². The fourth-order valence-electron chi connectivity index (χ4n) is 1.27. The lowest BCUT2D eigenvalue weighted by atomic mass is 10.3. The Kier molecular flexibility index (Phi) is 4.84. The number of nitrogens with one attached hydrogen (secondary N) is 2. The number of hydrogen-bond donors (Lipinski definition) is 2. The first kappa shape index (κ1) is 11.9. The van der Waals surface area contributed by atoms with E-state index in [-0.39, 0.29) is 0 Å². The van der Waals surface area contributed by atoms with E-state index in [1.807, 2.05) is 6.92 Å². The van der Waals surface area contributed by atoms with Crippen LogP contribution in [0.2, 0.25) is 0 Å². The standard InChI is InChI=1S/C9H20N2O2S/c1-2-10-6-7-11-14(12,13)8-5-9-3-4-9/h9-11H,2-8H2,1H3. The summed E-state index contributed by atoms with van der Waals surface area (Å²) >= 11 is 0. The molecule has 1 saturated carbocycles. The van der Waals surface area contributed by atoms with Gasteiger partial charge in [0.05, 0.1) is 5.75 Å². The summed E-state index contributed by atoms with van der Waals surface area (Å²) in [5.41, 5.74) is 0. The Morgan fingerprint density at radius 1 is 1.29 bits per heavy atom. The van der Waals surface area contributed by atoms with Gasteiger partial charge in [-0.05, 0) is 18.9 Å². The summed E-state index contributed by atoms with van der Waals surface area (Å²) in [5, 5.41) is 3.07. The molecule has 0 saturated heterocycles. The molecule has 0 amide bonds. The zero-order valence-corrected chi connectivity index (χ0v) is 9.57. The monoisotopic (exact) mass is 220 g/mol. The van der Waals surface area contributed by atoms with Crippen LogP contribution in [0.1, 0.15) is 26.2 Å². The Balaban J connectivity index is 2.06. The molecule has 0 aromatic rings. The van der Waals surface area contributed by atoms with Crippen LogP contribution in [-0.4, -0.2) is 33.8 Å². The summed E-state index contributed by atoms with van der Waals surface area (Å²) in [7, 11) is -3.01. The van der Waals surface area contributed by atoms with Gasteiger partial charge in [-0.2, -0.15) is 0 Å². The van der Waals surface area contributed by atoms with Gasteiger partial charge in [-0.15, -0.1) is 0 Å². The second-order valence-corrected chi connectivity index (χ2v) is 5.73. The molecule has 2 N–H and O–H groups in total. The van der Waals surface area contributed by atoms with Crippen LogP contribution in [0.5, 0.6) is 0 Å². The van der Waals surface area contributed by atoms with Crippen molar-refractivity contribution in [2.24, 2.45) is 5.92 Å². The molecule has 0 aromatic heterocycles. The summed E-state index contributed by atoms with van der Waals surface area (Å²) in [6.07, 6.45) is 3.26. The molecule has 0 aromatic carbocycles. The predicted molar refractivity (Wildman–Crippen MR) is 57.7 cm³/mol. The maximum atomic E-state index is 11.4. The fraction of sp³-hybridized carbons (Fsp3) is 1.00. The van der Waals surface area contributed by atoms with E-state index in [0.29, 0.717) is 24.8 Å². The summed E-state index contributed by atoms with van der Waals surface area (Å²) in [6, 6.07) is 0. The highest BCUT2D eigenvalue weighted by atomic mass is 32.2. The van der Waals surface area contributed by atoms with Crippen molar-refractivity contribution in [2.45, 2.75) is 26.2 Å². The molecule has 1 aliphatic rings. The second-order valence-electron chi connectivity index (χ2n) is 3.80. The van der Waals surface area contributed by atoms with Gasteiger partial charge in [0.25, 0.3) is 0 Å². The topological polar surface area (TPSA) is 58.2 Å². The van der Waals surface area contributed by atoms with Gasteiger partial charge in [-0.25, -0.2) is 13.1 Å². The number of sulfonamides is 1. The third kappa shape index (κ3) is 5.57. The minimum Gasteiger partial charge on any atom is -0.316 e. The maximum Gasteiger partial charge on any atom is 0.211 e. The molecule has 0 bridgehead atoms. The molecule has 1 fully saturated rings. The molecular formula is C9H20N2O2S. The van der Waals surface area contributed by atoms with Gasteiger partial charge in [0.1, 0.15) is 0 Å². The van der Waals surface area contributed by atoms with Crippen molar-refractivity contribution >= 4 is 10.0 Å². The zero-order valence-electron chi connectivity index (χ0n) is 8.75. The number of hydrogen-bond acceptors (Lipinski definition) is 3. The van der Waals surface area contributed by atoms with E-state index < -0.39 is 10.0 Å². The van der Waals surface area contributed by atoms with Gasteiger partial charge < -0.3 is 5.32 Å². The maximum absolute atomic E-state index is 11.4. The van der Waals surface area contributed by atoms with Gasteiger partial charge in [-0.3, -0.25) is 0 Å². The first-order valence-corrected chi connectivity index (χ1v) is 6.97. The first-order valence-electron chi connectivity index (χ1n) is 5.32. The van der Waals surface area contributed by atoms with Crippen LogP contribution in [0.4, 0.5) is 0 Å². The molecule has 0 atom stereocenters. The SMILES string of the molecule is CCNCCNS(=O)(=O)CCC1CC1. The number of likely N-dealkylation sites (N-methyl/N-ethyl adjacent to an activating group) is 1. The predicted octanol–water partition coefficient (Wildman–Crippen LogP) is 0.315. The Labute approximate surface area is 86.5 Å². The zero-order chi connectivity index (χ0) is 10.4. The van der Waals surface area contributed by atoms with Crippen molar-refractivity contribution < 1.29 is 8.42 Å². The van der Waals surface area contributed by atoms with Crippen molar-refractivity contribution in [2.75, 3.05) is 25.4 Å². The van der Waals surface area contributed by atoms with Gasteiger partial charge in [-0.1, -0.05) is 19.8 Å². The lowest BCUT2D eigenvalue weighted by molar-refractivity contribution is 0.572. The molecule has 5 heteroatoms. The second kappa shape index (κ2) is 5.68. The molecular weight excluding hydrogens is 200 g/mol. The van der Waals surface area contributed by atoms with Crippen molar-refractivity contribution in [3.8, 4) is 0 Å². The Bertz CT molecular complexity index is 248. The molecule has 0 unspecified atom stereocenters. The highest BCUT2D eigenvalue weighted by molar-refractivity contribution is 7.89. The van der Waals surface area contributed by atoms with Crippen LogP contribution >= 0.6 is 0 Å². The smallest absolute Gasteiger partial charge is 0.211 e. The minimum absolute atomic E-state index is 0.295. The molecule has 14 heavy (non-hydrogen) atoms. The van der Waals surface area contributed by atoms with Crippen LogP contribution in [0.25, 0.3) is 0 Å². The third-order valence-corrected chi connectivity index (χ3v) is 3.78. The van der Waals surface area contributed by atoms with Crippen molar-refractivity contribution in [1.82, 2.24) is 10.0 Å². The van der Waals surface area contributed by atoms with E-state index in [0.717, 1.165) is 13.0 Å². The van der Waals surface area contributed by atoms with Crippen molar-refractivity contribution in [3.05, 3.63) is 0 Å². The van der Waals surface area contributed by atoms with Gasteiger partial charge in [0.15, 0.2) is 0 Å². The Morgan fingerprint density at radius 2 is 2.00 bits per heavy atom. The quantitative estimate of drug-likeness (QED) is 0.579. The van der Waals surface area contributed by atoms with Crippen LogP contribution in [0, 0.1) is 5.92 Å². The van der Waals surface area contributed by atoms with Gasteiger partial charge >= 0.3 is 0 Å². The molecule has 1 rings (SSSR count). The van der Waals surface area contributed by atoms with Gasteiger partial charge in [0, 0.05) is 13.1 Å². The summed E-state index contributed by atoms with van der Waals surface area (Å²) < 4.78 is 25.4. The first-order chi connectivity index (χ1) is 6.64. The van der Waals surface area contributed by atoms with Gasteiger partial charge in [0.2, 0.25) is 10.0 Å². The van der Waals surface area contributed by atoms with Crippen molar-refractivity contribution in [3.63, 3.8) is 0 Å². The molecule has 84 valence electrons. The van der Waals surface area contributed by atoms with Crippen LogP contribution in [-0.2, 0) is 10.0 Å². The highest BCUT2D eigenvalue weighted by Crippen LogP contribution is 2.32. The number of rotatable bonds is 8. The lowest BCUT2D eigenvalue weighted by Gasteiger charge is -2.06. The molecule has 0 spiro atoms. The van der Waals surface area contributed by atoms with E-state index in [1.54, 1.807) is 0 Å². The minimum atomic E-state index is -3.01. The fourth-order valence-corrected chi connectivity index (χ4v) is 2.47. The summed E-state index contributed by atoms with van der Waals surface area (Å²) in [4.78, 5) is 0. The molecule has 1 aliphatic carbocycles. The molecule has 4 nitrogen and oxygen atoms in total. The average molecular weight is 220 g/mol. The summed E-state index contributed by atoms with van der Waals surface area (Å²) in [5.74, 6) is 0.976. The average Bonchev–Trinajstić information content (AvgIpc) is 2.93. The van der Waals surface area contributed by atoms with E-state index in [1.165, 1.54) is 12.8 Å². The van der Waals surface area contributed by atoms with Crippen molar-refractivity contribution in [1.29, 1.82) is 0 Å². The Morgan fingerprint density at radius 3 is 2.57 bits per heavy atom. The van der Waals surface area contributed by atoms with E-state index in [4.69, 9.17) is 0 Å². The molecule has 0 radical (unpaired) electrons. The third-order valence-electron chi connectivity index (χ3n) is 2.37. The van der Waals surface area contributed by atoms with E-state index in [2.05, 4.69) is 10.0 Å². The lowest BCUT2D eigenvalue weighted by Crippen LogP contribution is -2.33. The highest BCUT2D eigenvalue weighted by Gasteiger charge is 2.23. The molecule has 0 heterocycles. The van der Waals surface area contributed by atoms with Crippen LogP contribution < -0.4 is 10.0 Å².